The van der Waals surface area contributed by atoms with Crippen molar-refractivity contribution in [3.05, 3.63) is 18.2 Å². The maximum absolute atomic E-state index is 11.4. The quantitative estimate of drug-likeness (QED) is 0.719. The average Bonchev–Trinajstić information content (AvgIpc) is 2.83. The first-order chi connectivity index (χ1) is 9.03. The van der Waals surface area contributed by atoms with E-state index in [9.17, 15) is 9.90 Å². The van der Waals surface area contributed by atoms with E-state index in [4.69, 9.17) is 0 Å². The summed E-state index contributed by atoms with van der Waals surface area (Å²) in [6.07, 6.45) is 7.02. The van der Waals surface area contributed by atoms with E-state index in [1.165, 1.54) is 0 Å². The molecule has 0 bridgehead atoms. The molecule has 0 aliphatic rings. The molecular formula is C14H25N3O2. The molecule has 0 saturated carbocycles. The van der Waals surface area contributed by atoms with E-state index in [2.05, 4.69) is 21.8 Å². The molecule has 1 atom stereocenters. The Morgan fingerprint density at radius 3 is 2.84 bits per heavy atom. The van der Waals surface area contributed by atoms with Crippen LogP contribution in [0, 0.1) is 0 Å². The zero-order valence-electron chi connectivity index (χ0n) is 12.1. The molecule has 1 heterocycles. The molecule has 19 heavy (non-hydrogen) atoms. The lowest BCUT2D eigenvalue weighted by atomic mass is 9.95. The number of carboxylic acid groups (broad SMARTS) is 1. The molecule has 0 fully saturated rings. The maximum atomic E-state index is 11.4. The second-order valence-corrected chi connectivity index (χ2v) is 5.06. The van der Waals surface area contributed by atoms with Crippen LogP contribution in [0.5, 0.6) is 0 Å². The summed E-state index contributed by atoms with van der Waals surface area (Å²) in [5.74, 6) is 0.279. The summed E-state index contributed by atoms with van der Waals surface area (Å²) >= 11 is 0. The number of aliphatic carboxylic acids is 1. The molecule has 1 rings (SSSR count). The van der Waals surface area contributed by atoms with E-state index in [0.717, 1.165) is 38.2 Å². The van der Waals surface area contributed by atoms with Gasteiger partial charge in [0, 0.05) is 25.4 Å². The van der Waals surface area contributed by atoms with Crippen molar-refractivity contribution in [3.8, 4) is 0 Å². The van der Waals surface area contributed by atoms with Crippen LogP contribution in [0.4, 0.5) is 0 Å². The van der Waals surface area contributed by atoms with Crippen molar-refractivity contribution in [2.45, 2.75) is 58.5 Å². The van der Waals surface area contributed by atoms with Gasteiger partial charge in [-0.2, -0.15) is 0 Å². The van der Waals surface area contributed by atoms with Crippen LogP contribution in [0.2, 0.25) is 0 Å². The molecule has 108 valence electrons. The molecule has 1 aromatic heterocycles. The normalized spacial score (nSPS) is 14.3. The van der Waals surface area contributed by atoms with Crippen molar-refractivity contribution in [1.82, 2.24) is 14.9 Å². The fourth-order valence-corrected chi connectivity index (χ4v) is 2.13. The third-order valence-corrected chi connectivity index (χ3v) is 3.43. The molecule has 0 radical (unpaired) electrons. The molecular weight excluding hydrogens is 242 g/mol. The fraction of sp³-hybridized carbons (Fsp3) is 0.714. The summed E-state index contributed by atoms with van der Waals surface area (Å²) in [7, 11) is 0. The number of nitrogens with zero attached hydrogens (tertiary/aromatic N) is 2. The Bertz CT molecular complexity index is 403. The van der Waals surface area contributed by atoms with Gasteiger partial charge in [-0.25, -0.2) is 4.98 Å². The Labute approximate surface area is 115 Å². The Morgan fingerprint density at radius 2 is 2.26 bits per heavy atom. The number of imidazole rings is 1. The minimum Gasteiger partial charge on any atom is -0.480 e. The number of aromatic nitrogens is 2. The second-order valence-electron chi connectivity index (χ2n) is 5.06. The van der Waals surface area contributed by atoms with E-state index >= 15 is 0 Å². The summed E-state index contributed by atoms with van der Waals surface area (Å²) in [5, 5.41) is 12.5. The minimum absolute atomic E-state index is 0.615. The lowest BCUT2D eigenvalue weighted by Gasteiger charge is -2.26. The van der Waals surface area contributed by atoms with Crippen molar-refractivity contribution < 1.29 is 9.90 Å². The molecule has 1 unspecified atom stereocenters. The minimum atomic E-state index is -0.830. The molecule has 0 spiro atoms. The second kappa shape index (κ2) is 7.28. The first kappa shape index (κ1) is 15.7. The van der Waals surface area contributed by atoms with E-state index in [1.807, 2.05) is 13.1 Å². The number of nitrogens with one attached hydrogen (secondary N) is 1. The van der Waals surface area contributed by atoms with E-state index < -0.39 is 11.5 Å². The van der Waals surface area contributed by atoms with Crippen LogP contribution in [0.1, 0.15) is 45.9 Å². The van der Waals surface area contributed by atoms with Gasteiger partial charge in [0.1, 0.15) is 11.4 Å². The van der Waals surface area contributed by atoms with Crippen molar-refractivity contribution in [2.24, 2.45) is 0 Å². The van der Waals surface area contributed by atoms with Crippen LogP contribution in [0.3, 0.4) is 0 Å². The van der Waals surface area contributed by atoms with Gasteiger partial charge in [-0.1, -0.05) is 13.8 Å². The highest BCUT2D eigenvalue weighted by molar-refractivity contribution is 5.78. The Morgan fingerprint density at radius 1 is 1.53 bits per heavy atom. The predicted molar refractivity (Wildman–Crippen MR) is 75.2 cm³/mol. The van der Waals surface area contributed by atoms with Gasteiger partial charge in [0.05, 0.1) is 0 Å². The molecule has 1 aromatic rings. The summed E-state index contributed by atoms with van der Waals surface area (Å²) < 4.78 is 2.10. The lowest BCUT2D eigenvalue weighted by Crippen LogP contribution is -2.49. The molecule has 0 aliphatic heterocycles. The topological polar surface area (TPSA) is 67.2 Å². The van der Waals surface area contributed by atoms with Crippen LogP contribution in [0.15, 0.2) is 12.4 Å². The van der Waals surface area contributed by atoms with Gasteiger partial charge in [-0.15, -0.1) is 0 Å². The van der Waals surface area contributed by atoms with Crippen molar-refractivity contribution in [3.63, 3.8) is 0 Å². The number of hydrogen-bond acceptors (Lipinski definition) is 3. The highest BCUT2D eigenvalue weighted by atomic mass is 16.4. The number of aryl methyl sites for hydroxylation is 2. The van der Waals surface area contributed by atoms with Gasteiger partial charge in [0.2, 0.25) is 0 Å². The van der Waals surface area contributed by atoms with Gasteiger partial charge >= 0.3 is 5.97 Å². The predicted octanol–water partition coefficient (Wildman–Crippen LogP) is 2.07. The van der Waals surface area contributed by atoms with Gasteiger partial charge in [0.15, 0.2) is 0 Å². The first-order valence-electron chi connectivity index (χ1n) is 7.02. The first-order valence-corrected chi connectivity index (χ1v) is 7.02. The SMILES string of the molecule is CCCNC(C)(CCCn1ccnc1CC)C(=O)O. The largest absolute Gasteiger partial charge is 0.480 e. The smallest absolute Gasteiger partial charge is 0.323 e. The monoisotopic (exact) mass is 267 g/mol. The number of carboxylic acids is 1. The third-order valence-electron chi connectivity index (χ3n) is 3.43. The van der Waals surface area contributed by atoms with Crippen LogP contribution >= 0.6 is 0 Å². The molecule has 5 nitrogen and oxygen atoms in total. The van der Waals surface area contributed by atoms with Crippen molar-refractivity contribution in [2.75, 3.05) is 6.54 Å². The molecule has 0 aliphatic carbocycles. The molecule has 2 N–H and O–H groups in total. The average molecular weight is 267 g/mol. The van der Waals surface area contributed by atoms with E-state index in [0.29, 0.717) is 6.42 Å². The van der Waals surface area contributed by atoms with Crippen LogP contribution < -0.4 is 5.32 Å². The van der Waals surface area contributed by atoms with Gasteiger partial charge < -0.3 is 15.0 Å². The maximum Gasteiger partial charge on any atom is 0.323 e. The number of carbonyl (C=O) groups is 1. The van der Waals surface area contributed by atoms with Gasteiger partial charge in [0.25, 0.3) is 0 Å². The number of rotatable bonds is 9. The Hall–Kier alpha value is -1.36. The molecule has 5 heteroatoms. The highest BCUT2D eigenvalue weighted by Gasteiger charge is 2.31. The zero-order chi connectivity index (χ0) is 14.3. The standard InChI is InChI=1S/C14H25N3O2/c1-4-8-16-14(3,13(18)19)7-6-10-17-11-9-15-12(17)5-2/h9,11,16H,4-8,10H2,1-3H3,(H,18,19). The van der Waals surface area contributed by atoms with Crippen LogP contribution in [-0.2, 0) is 17.8 Å². The van der Waals surface area contributed by atoms with Gasteiger partial charge in [-0.05, 0) is 32.7 Å². The highest BCUT2D eigenvalue weighted by Crippen LogP contribution is 2.14. The molecule has 0 aromatic carbocycles. The fourth-order valence-electron chi connectivity index (χ4n) is 2.13. The molecule has 0 saturated heterocycles. The van der Waals surface area contributed by atoms with E-state index in [-0.39, 0.29) is 0 Å². The van der Waals surface area contributed by atoms with Gasteiger partial charge in [-0.3, -0.25) is 4.79 Å². The molecule has 0 amide bonds. The zero-order valence-corrected chi connectivity index (χ0v) is 12.1. The van der Waals surface area contributed by atoms with Crippen LogP contribution in [-0.4, -0.2) is 32.7 Å². The third kappa shape index (κ3) is 4.35. The lowest BCUT2D eigenvalue weighted by molar-refractivity contribution is -0.144. The van der Waals surface area contributed by atoms with E-state index in [1.54, 1.807) is 13.1 Å². The number of hydrogen-bond donors (Lipinski definition) is 2. The summed E-state index contributed by atoms with van der Waals surface area (Å²) in [6.45, 7) is 7.42. The Kier molecular flexibility index (Phi) is 6.02. The van der Waals surface area contributed by atoms with Crippen LogP contribution in [0.25, 0.3) is 0 Å². The Balaban J connectivity index is 2.51. The summed E-state index contributed by atoms with van der Waals surface area (Å²) in [4.78, 5) is 15.6. The van der Waals surface area contributed by atoms with Crippen molar-refractivity contribution in [1.29, 1.82) is 0 Å². The van der Waals surface area contributed by atoms with Crippen molar-refractivity contribution >= 4 is 5.97 Å². The summed E-state index contributed by atoms with van der Waals surface area (Å²) in [5.41, 5.74) is -0.830. The summed E-state index contributed by atoms with van der Waals surface area (Å²) in [6, 6.07) is 0.